The molecule has 0 heterocycles. The molecule has 0 aliphatic heterocycles. The monoisotopic (exact) mass is 838 g/mol. The SMILES string of the molecule is CC1C=Cc2cc(-c3ccccc3Nc3ccc(N(C4=C(c5ccccc5)C=CCC4C)C4C=CC(c5ccc(-c6ccccc6)cc5)=CC4C)cc3)c3c(ccc4ccccc43)c2C1. The summed E-state index contributed by atoms with van der Waals surface area (Å²) in [6.07, 6.45) is 18.7. The van der Waals surface area contributed by atoms with E-state index in [4.69, 9.17) is 0 Å². The summed E-state index contributed by atoms with van der Waals surface area (Å²) in [5, 5.41) is 9.16. The van der Waals surface area contributed by atoms with Crippen molar-refractivity contribution in [2.75, 3.05) is 10.2 Å². The summed E-state index contributed by atoms with van der Waals surface area (Å²) in [4.78, 5) is 2.64. The van der Waals surface area contributed by atoms with Gasteiger partial charge in [0.15, 0.2) is 0 Å². The lowest BCUT2D eigenvalue weighted by molar-refractivity contribution is 0.552. The second-order valence-corrected chi connectivity index (χ2v) is 18.3. The van der Waals surface area contributed by atoms with Gasteiger partial charge in [-0.1, -0.05) is 203 Å². The fourth-order valence-electron chi connectivity index (χ4n) is 10.6. The molecule has 0 aromatic heterocycles. The van der Waals surface area contributed by atoms with Crippen molar-refractivity contribution in [2.45, 2.75) is 39.7 Å². The number of para-hydroxylation sites is 1. The number of hydrogen-bond acceptors (Lipinski definition) is 2. The average Bonchev–Trinajstić information content (AvgIpc) is 3.36. The van der Waals surface area contributed by atoms with Crippen molar-refractivity contribution in [3.05, 3.63) is 240 Å². The zero-order valence-electron chi connectivity index (χ0n) is 37.5. The van der Waals surface area contributed by atoms with E-state index in [-0.39, 0.29) is 12.0 Å². The molecular weight excluding hydrogens is 785 g/mol. The van der Waals surface area contributed by atoms with Crippen LogP contribution >= 0.6 is 0 Å². The number of nitrogens with zero attached hydrogens (tertiary/aromatic N) is 1. The highest BCUT2D eigenvalue weighted by Gasteiger charge is 2.32. The Balaban J connectivity index is 0.964. The zero-order chi connectivity index (χ0) is 43.9. The Morgan fingerprint density at radius 3 is 2.03 bits per heavy atom. The minimum Gasteiger partial charge on any atom is -0.355 e. The molecule has 1 N–H and O–H groups in total. The maximum atomic E-state index is 3.90. The van der Waals surface area contributed by atoms with E-state index in [1.54, 1.807) is 0 Å². The fourth-order valence-corrected chi connectivity index (χ4v) is 10.6. The molecule has 8 aromatic carbocycles. The number of fused-ring (bicyclic) bond motifs is 5. The smallest absolute Gasteiger partial charge is 0.0583 e. The van der Waals surface area contributed by atoms with E-state index >= 15 is 0 Å². The largest absolute Gasteiger partial charge is 0.355 e. The molecule has 0 spiro atoms. The Bertz CT molecular complexity index is 3200. The molecule has 0 radical (unpaired) electrons. The van der Waals surface area contributed by atoms with Crippen LogP contribution in [-0.2, 0) is 6.42 Å². The lowest BCUT2D eigenvalue weighted by Crippen LogP contribution is -2.41. The van der Waals surface area contributed by atoms with E-state index in [9.17, 15) is 0 Å². The van der Waals surface area contributed by atoms with E-state index in [0.717, 1.165) is 24.2 Å². The Kier molecular flexibility index (Phi) is 10.7. The van der Waals surface area contributed by atoms with Gasteiger partial charge in [0, 0.05) is 39.8 Å². The molecular formula is C63H54N2. The second kappa shape index (κ2) is 17.3. The van der Waals surface area contributed by atoms with Crippen LogP contribution in [0.4, 0.5) is 17.1 Å². The van der Waals surface area contributed by atoms with Gasteiger partial charge < -0.3 is 10.2 Å². The van der Waals surface area contributed by atoms with Gasteiger partial charge in [-0.25, -0.2) is 0 Å². The number of hydrogen-bond donors (Lipinski definition) is 1. The summed E-state index contributed by atoms with van der Waals surface area (Å²) in [6, 6.07) is 64.7. The van der Waals surface area contributed by atoms with Crippen LogP contribution in [0.2, 0.25) is 0 Å². The van der Waals surface area contributed by atoms with Gasteiger partial charge in [0.25, 0.3) is 0 Å². The maximum Gasteiger partial charge on any atom is 0.0583 e. The Morgan fingerprint density at radius 1 is 0.554 bits per heavy atom. The quantitative estimate of drug-likeness (QED) is 0.146. The first-order valence-corrected chi connectivity index (χ1v) is 23.4. The summed E-state index contributed by atoms with van der Waals surface area (Å²) < 4.78 is 0. The van der Waals surface area contributed by atoms with Gasteiger partial charge >= 0.3 is 0 Å². The molecule has 11 rings (SSSR count). The van der Waals surface area contributed by atoms with Crippen molar-refractivity contribution in [1.82, 2.24) is 0 Å². The van der Waals surface area contributed by atoms with E-state index in [1.807, 2.05) is 0 Å². The first-order chi connectivity index (χ1) is 32.0. The molecule has 316 valence electrons. The predicted octanol–water partition coefficient (Wildman–Crippen LogP) is 16.7. The highest BCUT2D eigenvalue weighted by atomic mass is 15.2. The van der Waals surface area contributed by atoms with Crippen molar-refractivity contribution >= 4 is 55.8 Å². The molecule has 0 saturated carbocycles. The van der Waals surface area contributed by atoms with Crippen LogP contribution in [-0.4, -0.2) is 6.04 Å². The molecule has 2 heteroatoms. The molecule has 0 amide bonds. The third-order valence-electron chi connectivity index (χ3n) is 13.9. The van der Waals surface area contributed by atoms with Gasteiger partial charge in [-0.3, -0.25) is 0 Å². The highest BCUT2D eigenvalue weighted by Crippen LogP contribution is 2.45. The van der Waals surface area contributed by atoms with Gasteiger partial charge in [-0.15, -0.1) is 0 Å². The molecule has 0 fully saturated rings. The van der Waals surface area contributed by atoms with Gasteiger partial charge in [-0.05, 0) is 127 Å². The van der Waals surface area contributed by atoms with Crippen molar-refractivity contribution in [1.29, 1.82) is 0 Å². The van der Waals surface area contributed by atoms with Crippen LogP contribution in [0.3, 0.4) is 0 Å². The average molecular weight is 839 g/mol. The first-order valence-electron chi connectivity index (χ1n) is 23.4. The first kappa shape index (κ1) is 40.4. The third-order valence-corrected chi connectivity index (χ3v) is 13.9. The number of rotatable bonds is 9. The molecule has 0 saturated heterocycles. The highest BCUT2D eigenvalue weighted by molar-refractivity contribution is 6.17. The minimum atomic E-state index is 0.119. The standard InChI is InChI=1S/C63H54N2/c1-42-25-26-51-41-59(62-54-21-11-10-20-49(54)31-37-57(62)58(51)39-42)56-22-12-13-24-60(56)64-52-33-35-53(36-34-52)65(63-43(2)15-14-23-55(63)48-18-8-5-9-19-48)61-38-32-50(40-44(61)3)47-29-27-46(28-30-47)45-16-6-4-7-17-45/h4-14,16-38,40-44,61,64H,15,39H2,1-3H3. The van der Waals surface area contributed by atoms with Crippen LogP contribution in [0.5, 0.6) is 0 Å². The van der Waals surface area contributed by atoms with Crippen molar-refractivity contribution in [2.24, 2.45) is 17.8 Å². The van der Waals surface area contributed by atoms with Crippen molar-refractivity contribution < 1.29 is 0 Å². The summed E-state index contributed by atoms with van der Waals surface area (Å²) >= 11 is 0. The number of benzene rings is 8. The minimum absolute atomic E-state index is 0.119. The maximum absolute atomic E-state index is 3.90. The molecule has 65 heavy (non-hydrogen) atoms. The van der Waals surface area contributed by atoms with Gasteiger partial charge in [0.1, 0.15) is 0 Å². The van der Waals surface area contributed by atoms with Crippen LogP contribution in [0, 0.1) is 17.8 Å². The van der Waals surface area contributed by atoms with Gasteiger partial charge in [-0.2, -0.15) is 0 Å². The van der Waals surface area contributed by atoms with E-state index in [0.29, 0.717) is 11.8 Å². The van der Waals surface area contributed by atoms with Crippen LogP contribution in [0.1, 0.15) is 49.4 Å². The Morgan fingerprint density at radius 2 is 1.25 bits per heavy atom. The lowest BCUT2D eigenvalue weighted by atomic mass is 9.82. The summed E-state index contributed by atoms with van der Waals surface area (Å²) in [5.41, 5.74) is 17.5. The second-order valence-electron chi connectivity index (χ2n) is 18.3. The van der Waals surface area contributed by atoms with Crippen molar-refractivity contribution in [3.63, 3.8) is 0 Å². The van der Waals surface area contributed by atoms with E-state index < -0.39 is 0 Å². The van der Waals surface area contributed by atoms with Crippen LogP contribution < -0.4 is 10.2 Å². The fraction of sp³-hybridized carbons (Fsp3) is 0.143. The van der Waals surface area contributed by atoms with Crippen molar-refractivity contribution in [3.8, 4) is 22.3 Å². The van der Waals surface area contributed by atoms with Gasteiger partial charge in [0.2, 0.25) is 0 Å². The van der Waals surface area contributed by atoms with Crippen LogP contribution in [0.15, 0.2) is 218 Å². The summed E-state index contributed by atoms with van der Waals surface area (Å²) in [5.74, 6) is 1.10. The summed E-state index contributed by atoms with van der Waals surface area (Å²) in [7, 11) is 0. The molecule has 4 atom stereocenters. The number of anilines is 3. The molecule has 0 bridgehead atoms. The number of nitrogens with one attached hydrogen (secondary N) is 1. The van der Waals surface area contributed by atoms with E-state index in [2.05, 4.69) is 249 Å². The van der Waals surface area contributed by atoms with Crippen LogP contribution in [0.25, 0.3) is 61.0 Å². The molecule has 2 nitrogen and oxygen atoms in total. The molecule has 8 aromatic rings. The Hall–Kier alpha value is -7.42. The normalized spacial score (nSPS) is 19.0. The predicted molar refractivity (Wildman–Crippen MR) is 279 cm³/mol. The van der Waals surface area contributed by atoms with Gasteiger partial charge in [0.05, 0.1) is 6.04 Å². The Labute approximate surface area is 384 Å². The number of allylic oxidation sites excluding steroid dienone is 7. The zero-order valence-corrected chi connectivity index (χ0v) is 37.5. The lowest BCUT2D eigenvalue weighted by Gasteiger charge is -2.42. The third kappa shape index (κ3) is 7.74. The molecule has 3 aliphatic rings. The molecule has 3 aliphatic carbocycles. The molecule has 4 unspecified atom stereocenters. The topological polar surface area (TPSA) is 15.3 Å². The summed E-state index contributed by atoms with van der Waals surface area (Å²) in [6.45, 7) is 7.09. The van der Waals surface area contributed by atoms with E-state index in [1.165, 1.54) is 88.6 Å².